The van der Waals surface area contributed by atoms with Crippen LogP contribution in [-0.4, -0.2) is 23.0 Å². The first kappa shape index (κ1) is 16.4. The molecule has 0 radical (unpaired) electrons. The van der Waals surface area contributed by atoms with E-state index in [1.807, 2.05) is 30.3 Å². The lowest BCUT2D eigenvalue weighted by Crippen LogP contribution is -2.40. The van der Waals surface area contributed by atoms with Gasteiger partial charge in [0.1, 0.15) is 11.9 Å². The molecule has 0 fully saturated rings. The number of carboxylic acids is 1. The first-order chi connectivity index (χ1) is 11.1. The van der Waals surface area contributed by atoms with Gasteiger partial charge in [-0.3, -0.25) is 4.79 Å². The Morgan fingerprint density at radius 2 is 1.74 bits per heavy atom. The molecule has 0 saturated heterocycles. The highest BCUT2D eigenvalue weighted by Crippen LogP contribution is 2.06. The summed E-state index contributed by atoms with van der Waals surface area (Å²) in [4.78, 5) is 23.2. The molecule has 0 bridgehead atoms. The third-order valence-electron chi connectivity index (χ3n) is 3.19. The number of hydrogen-bond acceptors (Lipinski definition) is 2. The molecule has 0 heterocycles. The molecule has 4 nitrogen and oxygen atoms in total. The van der Waals surface area contributed by atoms with E-state index in [1.54, 1.807) is 12.2 Å². The topological polar surface area (TPSA) is 66.4 Å². The molecule has 5 heteroatoms. The summed E-state index contributed by atoms with van der Waals surface area (Å²) >= 11 is 0. The second kappa shape index (κ2) is 7.89. The second-order valence-electron chi connectivity index (χ2n) is 4.92. The lowest BCUT2D eigenvalue weighted by atomic mass is 10.1. The lowest BCUT2D eigenvalue weighted by molar-refractivity contribution is -0.139. The Labute approximate surface area is 133 Å². The van der Waals surface area contributed by atoms with Crippen molar-refractivity contribution < 1.29 is 19.1 Å². The zero-order chi connectivity index (χ0) is 16.7. The summed E-state index contributed by atoms with van der Waals surface area (Å²) in [6, 6.07) is 13.3. The largest absolute Gasteiger partial charge is 0.480 e. The molecular weight excluding hydrogens is 297 g/mol. The van der Waals surface area contributed by atoms with Crippen LogP contribution >= 0.6 is 0 Å². The molecule has 1 amide bonds. The Morgan fingerprint density at radius 3 is 2.35 bits per heavy atom. The summed E-state index contributed by atoms with van der Waals surface area (Å²) in [5.41, 5.74) is 1.16. The number of carbonyl (C=O) groups is 2. The summed E-state index contributed by atoms with van der Waals surface area (Å²) in [7, 11) is 0. The van der Waals surface area contributed by atoms with Crippen LogP contribution in [0.5, 0.6) is 0 Å². The Kier molecular flexibility index (Phi) is 5.63. The molecule has 1 atom stereocenters. The van der Waals surface area contributed by atoms with Crippen molar-refractivity contribution >= 4 is 18.0 Å². The van der Waals surface area contributed by atoms with Gasteiger partial charge in [-0.1, -0.05) is 42.5 Å². The van der Waals surface area contributed by atoms with E-state index in [1.165, 1.54) is 12.1 Å². The van der Waals surface area contributed by atoms with Gasteiger partial charge in [0.15, 0.2) is 0 Å². The maximum Gasteiger partial charge on any atom is 0.326 e. The number of rotatable bonds is 6. The highest BCUT2D eigenvalue weighted by atomic mass is 19.1. The van der Waals surface area contributed by atoms with Crippen LogP contribution in [0.3, 0.4) is 0 Å². The zero-order valence-corrected chi connectivity index (χ0v) is 12.3. The van der Waals surface area contributed by atoms with E-state index in [0.717, 1.165) is 17.7 Å². The van der Waals surface area contributed by atoms with E-state index in [2.05, 4.69) is 5.32 Å². The van der Waals surface area contributed by atoms with Gasteiger partial charge in [-0.25, -0.2) is 9.18 Å². The molecule has 0 aromatic heterocycles. The lowest BCUT2D eigenvalue weighted by Gasteiger charge is -2.12. The molecule has 2 rings (SSSR count). The third kappa shape index (κ3) is 5.07. The molecular formula is C18H16FNO3. The molecule has 2 aromatic carbocycles. The fourth-order valence-electron chi connectivity index (χ4n) is 1.97. The van der Waals surface area contributed by atoms with Crippen molar-refractivity contribution in [2.24, 2.45) is 0 Å². The second-order valence-corrected chi connectivity index (χ2v) is 4.92. The quantitative estimate of drug-likeness (QED) is 0.861. The van der Waals surface area contributed by atoms with Gasteiger partial charge in [-0.15, -0.1) is 0 Å². The summed E-state index contributed by atoms with van der Waals surface area (Å²) in [5, 5.41) is 11.6. The number of carboxylic acid groups (broad SMARTS) is 1. The van der Waals surface area contributed by atoms with E-state index in [-0.39, 0.29) is 12.0 Å². The highest BCUT2D eigenvalue weighted by Gasteiger charge is 2.19. The van der Waals surface area contributed by atoms with E-state index >= 15 is 0 Å². The van der Waals surface area contributed by atoms with Crippen molar-refractivity contribution in [1.82, 2.24) is 5.32 Å². The Bertz CT molecular complexity index is 696. The standard InChI is InChI=1S/C18H16FNO3/c19-15-11-9-14(10-12-15)17(21)20-16(18(22)23)8-4-7-13-5-2-1-3-6-13/h1-7,9-12,16H,8H2,(H,20,21)(H,22,23)/b7-4+/t16-/m1/s1. The summed E-state index contributed by atoms with van der Waals surface area (Å²) in [6.07, 6.45) is 3.64. The Hall–Kier alpha value is -2.95. The van der Waals surface area contributed by atoms with Gasteiger partial charge in [0.2, 0.25) is 0 Å². The van der Waals surface area contributed by atoms with Crippen LogP contribution in [0.15, 0.2) is 60.7 Å². The number of halogens is 1. The van der Waals surface area contributed by atoms with Gasteiger partial charge in [0.05, 0.1) is 0 Å². The van der Waals surface area contributed by atoms with Crippen LogP contribution in [0.2, 0.25) is 0 Å². The van der Waals surface area contributed by atoms with Crippen LogP contribution in [0.25, 0.3) is 6.08 Å². The number of hydrogen-bond donors (Lipinski definition) is 2. The maximum atomic E-state index is 12.8. The van der Waals surface area contributed by atoms with Crippen LogP contribution in [-0.2, 0) is 4.79 Å². The minimum atomic E-state index is -1.13. The van der Waals surface area contributed by atoms with Gasteiger partial charge < -0.3 is 10.4 Å². The molecule has 0 aliphatic heterocycles. The van der Waals surface area contributed by atoms with E-state index in [9.17, 15) is 19.1 Å². The van der Waals surface area contributed by atoms with Gasteiger partial charge in [-0.2, -0.15) is 0 Å². The molecule has 23 heavy (non-hydrogen) atoms. The van der Waals surface area contributed by atoms with Crippen LogP contribution < -0.4 is 5.32 Å². The van der Waals surface area contributed by atoms with E-state index < -0.39 is 23.7 Å². The van der Waals surface area contributed by atoms with Crippen molar-refractivity contribution in [3.63, 3.8) is 0 Å². The Balaban J connectivity index is 1.98. The minimum Gasteiger partial charge on any atom is -0.480 e. The van der Waals surface area contributed by atoms with Gasteiger partial charge in [0, 0.05) is 5.56 Å². The molecule has 0 unspecified atom stereocenters. The smallest absolute Gasteiger partial charge is 0.326 e. The number of amides is 1. The van der Waals surface area contributed by atoms with Gasteiger partial charge >= 0.3 is 5.97 Å². The fraction of sp³-hybridized carbons (Fsp3) is 0.111. The monoisotopic (exact) mass is 313 g/mol. The minimum absolute atomic E-state index is 0.150. The highest BCUT2D eigenvalue weighted by molar-refractivity contribution is 5.96. The van der Waals surface area contributed by atoms with Crippen LogP contribution in [0.4, 0.5) is 4.39 Å². The molecule has 0 aliphatic rings. The van der Waals surface area contributed by atoms with E-state index in [0.29, 0.717) is 0 Å². The molecule has 2 aromatic rings. The van der Waals surface area contributed by atoms with E-state index in [4.69, 9.17) is 0 Å². The predicted molar refractivity (Wildman–Crippen MR) is 85.4 cm³/mol. The molecule has 0 saturated carbocycles. The number of nitrogens with one attached hydrogen (secondary N) is 1. The van der Waals surface area contributed by atoms with Crippen molar-refractivity contribution in [2.75, 3.05) is 0 Å². The summed E-state index contributed by atoms with van der Waals surface area (Å²) < 4.78 is 12.8. The van der Waals surface area contributed by atoms with Crippen molar-refractivity contribution in [1.29, 1.82) is 0 Å². The Morgan fingerprint density at radius 1 is 1.09 bits per heavy atom. The van der Waals surface area contributed by atoms with Crippen LogP contribution in [0.1, 0.15) is 22.3 Å². The fourth-order valence-corrected chi connectivity index (χ4v) is 1.97. The van der Waals surface area contributed by atoms with Gasteiger partial charge in [0.25, 0.3) is 5.91 Å². The summed E-state index contributed by atoms with van der Waals surface area (Å²) in [5.74, 6) is -2.13. The predicted octanol–water partition coefficient (Wildman–Crippen LogP) is 3.11. The van der Waals surface area contributed by atoms with Crippen molar-refractivity contribution in [2.45, 2.75) is 12.5 Å². The molecule has 118 valence electrons. The van der Waals surface area contributed by atoms with Crippen molar-refractivity contribution in [3.8, 4) is 0 Å². The number of aliphatic carboxylic acids is 1. The average molecular weight is 313 g/mol. The normalized spacial score (nSPS) is 12.0. The number of carbonyl (C=O) groups excluding carboxylic acids is 1. The van der Waals surface area contributed by atoms with Crippen molar-refractivity contribution in [3.05, 3.63) is 77.6 Å². The van der Waals surface area contributed by atoms with Crippen LogP contribution in [0, 0.1) is 5.82 Å². The number of benzene rings is 2. The molecule has 0 aliphatic carbocycles. The molecule has 2 N–H and O–H groups in total. The molecule has 0 spiro atoms. The average Bonchev–Trinajstić information content (AvgIpc) is 2.55. The van der Waals surface area contributed by atoms with Gasteiger partial charge in [-0.05, 0) is 36.2 Å². The maximum absolute atomic E-state index is 12.8. The third-order valence-corrected chi connectivity index (χ3v) is 3.19. The first-order valence-corrected chi connectivity index (χ1v) is 7.07. The first-order valence-electron chi connectivity index (χ1n) is 7.07. The summed E-state index contributed by atoms with van der Waals surface area (Å²) in [6.45, 7) is 0. The zero-order valence-electron chi connectivity index (χ0n) is 12.3. The SMILES string of the molecule is O=C(N[C@H](C/C=C/c1ccccc1)C(=O)O)c1ccc(F)cc1.